The maximum atomic E-state index is 6.01. The maximum absolute atomic E-state index is 6.01. The monoisotopic (exact) mass is 558 g/mol. The summed E-state index contributed by atoms with van der Waals surface area (Å²) < 4.78 is 11.7. The van der Waals surface area contributed by atoms with Gasteiger partial charge in [0.2, 0.25) is 0 Å². The highest BCUT2D eigenvalue weighted by Crippen LogP contribution is 2.37. The van der Waals surface area contributed by atoms with Crippen LogP contribution in [0, 0.1) is 12.8 Å². The highest BCUT2D eigenvalue weighted by Gasteiger charge is 2.35. The molecule has 2 saturated heterocycles. The predicted molar refractivity (Wildman–Crippen MR) is 143 cm³/mol. The molecule has 2 heterocycles. The fraction of sp³-hybridized carbons (Fsp3) is 0.720. The molecule has 3 rings (SSSR count). The van der Waals surface area contributed by atoms with Gasteiger partial charge in [-0.3, -0.25) is 9.89 Å². The third-order valence-electron chi connectivity index (χ3n) is 6.39. The molecule has 1 aromatic carbocycles. The van der Waals surface area contributed by atoms with Gasteiger partial charge in [0.1, 0.15) is 0 Å². The summed E-state index contributed by atoms with van der Waals surface area (Å²) in [4.78, 5) is 7.56. The molecule has 6 nitrogen and oxygen atoms in total. The lowest BCUT2D eigenvalue weighted by Gasteiger charge is -2.38. The highest BCUT2D eigenvalue weighted by atomic mass is 127. The fourth-order valence-electron chi connectivity index (χ4n) is 4.81. The SMILES string of the molecule is CCNC(=NCC1(c2ccccc2C)CCOCC1)NCC1CN(CC(C)C)CCO1.I. The van der Waals surface area contributed by atoms with Crippen molar-refractivity contribution < 1.29 is 9.47 Å². The number of rotatable bonds is 8. The fourth-order valence-corrected chi connectivity index (χ4v) is 4.81. The van der Waals surface area contributed by atoms with E-state index in [1.165, 1.54) is 11.1 Å². The summed E-state index contributed by atoms with van der Waals surface area (Å²) in [7, 11) is 0. The van der Waals surface area contributed by atoms with Crippen LogP contribution in [-0.2, 0) is 14.9 Å². The van der Waals surface area contributed by atoms with Crippen molar-refractivity contribution in [1.29, 1.82) is 0 Å². The van der Waals surface area contributed by atoms with Gasteiger partial charge in [-0.1, -0.05) is 38.1 Å². The molecule has 2 N–H and O–H groups in total. The van der Waals surface area contributed by atoms with Crippen LogP contribution in [0.3, 0.4) is 0 Å². The van der Waals surface area contributed by atoms with Crippen molar-refractivity contribution in [2.24, 2.45) is 10.9 Å². The molecule has 2 fully saturated rings. The van der Waals surface area contributed by atoms with E-state index in [2.05, 4.69) is 67.5 Å². The van der Waals surface area contributed by atoms with Crippen molar-refractivity contribution in [3.8, 4) is 0 Å². The van der Waals surface area contributed by atoms with E-state index in [9.17, 15) is 0 Å². The zero-order valence-electron chi connectivity index (χ0n) is 20.4. The Morgan fingerprint density at radius 1 is 1.19 bits per heavy atom. The number of guanidine groups is 1. The number of aryl methyl sites for hydroxylation is 1. The Hall–Kier alpha value is -0.900. The van der Waals surface area contributed by atoms with Crippen molar-refractivity contribution in [3.63, 3.8) is 0 Å². The minimum atomic E-state index is 0. The van der Waals surface area contributed by atoms with E-state index >= 15 is 0 Å². The minimum Gasteiger partial charge on any atom is -0.381 e. The van der Waals surface area contributed by atoms with Crippen LogP contribution in [0.25, 0.3) is 0 Å². The van der Waals surface area contributed by atoms with Gasteiger partial charge in [0.05, 0.1) is 19.3 Å². The summed E-state index contributed by atoms with van der Waals surface area (Å²) in [6.45, 7) is 16.8. The van der Waals surface area contributed by atoms with Crippen LogP contribution in [0.5, 0.6) is 0 Å². The van der Waals surface area contributed by atoms with E-state index in [-0.39, 0.29) is 35.5 Å². The molecule has 0 aliphatic carbocycles. The largest absolute Gasteiger partial charge is 0.381 e. The van der Waals surface area contributed by atoms with Crippen LogP contribution in [0.1, 0.15) is 44.7 Å². The second kappa shape index (κ2) is 13.7. The number of hydrogen-bond acceptors (Lipinski definition) is 4. The Morgan fingerprint density at radius 2 is 1.94 bits per heavy atom. The second-order valence-electron chi connectivity index (χ2n) is 9.43. The predicted octanol–water partition coefficient (Wildman–Crippen LogP) is 3.57. The lowest BCUT2D eigenvalue weighted by molar-refractivity contribution is -0.0284. The van der Waals surface area contributed by atoms with Crippen LogP contribution in [-0.4, -0.2) is 76.1 Å². The number of nitrogens with one attached hydrogen (secondary N) is 2. The van der Waals surface area contributed by atoms with E-state index in [0.29, 0.717) is 5.92 Å². The first-order valence-electron chi connectivity index (χ1n) is 12.0. The van der Waals surface area contributed by atoms with Crippen LogP contribution in [0.2, 0.25) is 0 Å². The molecule has 1 unspecified atom stereocenters. The van der Waals surface area contributed by atoms with Crippen molar-refractivity contribution in [3.05, 3.63) is 35.4 Å². The minimum absolute atomic E-state index is 0. The lowest BCUT2D eigenvalue weighted by atomic mass is 9.72. The third kappa shape index (κ3) is 7.85. The van der Waals surface area contributed by atoms with Crippen molar-refractivity contribution in [2.75, 3.05) is 59.1 Å². The van der Waals surface area contributed by atoms with Crippen LogP contribution in [0.4, 0.5) is 0 Å². The summed E-state index contributed by atoms with van der Waals surface area (Å²) in [5.41, 5.74) is 2.80. The van der Waals surface area contributed by atoms with Crippen LogP contribution in [0.15, 0.2) is 29.3 Å². The topological polar surface area (TPSA) is 58.1 Å². The molecule has 0 saturated carbocycles. The Balaban J connectivity index is 0.00000363. The zero-order valence-corrected chi connectivity index (χ0v) is 22.7. The third-order valence-corrected chi connectivity index (χ3v) is 6.39. The Labute approximate surface area is 211 Å². The van der Waals surface area contributed by atoms with Gasteiger partial charge in [0.25, 0.3) is 0 Å². The summed E-state index contributed by atoms with van der Waals surface area (Å²) in [5.74, 6) is 1.56. The lowest BCUT2D eigenvalue weighted by Crippen LogP contribution is -2.50. The van der Waals surface area contributed by atoms with Crippen molar-refractivity contribution >= 4 is 29.9 Å². The Kier molecular flexibility index (Phi) is 11.7. The molecular formula is C25H43IN4O2. The quantitative estimate of drug-likeness (QED) is 0.290. The van der Waals surface area contributed by atoms with Gasteiger partial charge in [-0.05, 0) is 43.7 Å². The van der Waals surface area contributed by atoms with E-state index in [1.807, 2.05) is 0 Å². The molecule has 0 bridgehead atoms. The molecule has 0 spiro atoms. The van der Waals surface area contributed by atoms with Gasteiger partial charge < -0.3 is 20.1 Å². The first kappa shape index (κ1) is 27.3. The highest BCUT2D eigenvalue weighted by molar-refractivity contribution is 14.0. The van der Waals surface area contributed by atoms with E-state index in [4.69, 9.17) is 14.5 Å². The number of morpholine rings is 1. The first-order valence-corrected chi connectivity index (χ1v) is 12.0. The molecule has 32 heavy (non-hydrogen) atoms. The number of benzene rings is 1. The number of nitrogens with zero attached hydrogens (tertiary/aromatic N) is 2. The average Bonchev–Trinajstić information content (AvgIpc) is 2.76. The summed E-state index contributed by atoms with van der Waals surface area (Å²) in [6.07, 6.45) is 2.22. The van der Waals surface area contributed by atoms with Gasteiger partial charge in [-0.15, -0.1) is 24.0 Å². The molecule has 0 amide bonds. The molecular weight excluding hydrogens is 515 g/mol. The first-order chi connectivity index (χ1) is 15.0. The molecule has 0 aromatic heterocycles. The standard InChI is InChI=1S/C25H42N4O2.HI/c1-5-26-24(27-16-22-18-29(12-15-31-22)17-20(2)3)28-19-25(10-13-30-14-11-25)23-9-7-6-8-21(23)4;/h6-9,20,22H,5,10-19H2,1-4H3,(H2,26,27,28);1H. The molecule has 1 atom stereocenters. The molecule has 1 aromatic rings. The Morgan fingerprint density at radius 3 is 2.62 bits per heavy atom. The van der Waals surface area contributed by atoms with Crippen LogP contribution >= 0.6 is 24.0 Å². The zero-order chi connectivity index (χ0) is 22.1. The van der Waals surface area contributed by atoms with Crippen molar-refractivity contribution in [2.45, 2.75) is 52.1 Å². The van der Waals surface area contributed by atoms with E-state index in [1.54, 1.807) is 0 Å². The molecule has 0 radical (unpaired) electrons. The summed E-state index contributed by atoms with van der Waals surface area (Å²) in [6, 6.07) is 8.75. The van der Waals surface area contributed by atoms with Gasteiger partial charge in [-0.25, -0.2) is 0 Å². The number of ether oxygens (including phenoxy) is 2. The molecule has 2 aliphatic rings. The maximum Gasteiger partial charge on any atom is 0.191 e. The van der Waals surface area contributed by atoms with Gasteiger partial charge in [-0.2, -0.15) is 0 Å². The van der Waals surface area contributed by atoms with Crippen molar-refractivity contribution in [1.82, 2.24) is 15.5 Å². The average molecular weight is 559 g/mol. The van der Waals surface area contributed by atoms with Gasteiger partial charge in [0, 0.05) is 51.4 Å². The number of aliphatic imine (C=N–C) groups is 1. The van der Waals surface area contributed by atoms with E-state index in [0.717, 1.165) is 77.9 Å². The normalized spacial score (nSPS) is 21.8. The van der Waals surface area contributed by atoms with Gasteiger partial charge in [0.15, 0.2) is 5.96 Å². The second-order valence-corrected chi connectivity index (χ2v) is 9.43. The van der Waals surface area contributed by atoms with E-state index < -0.39 is 0 Å². The number of hydrogen-bond donors (Lipinski definition) is 2. The smallest absolute Gasteiger partial charge is 0.191 e. The molecule has 7 heteroatoms. The Bertz CT molecular complexity index is 707. The van der Waals surface area contributed by atoms with Crippen LogP contribution < -0.4 is 10.6 Å². The van der Waals surface area contributed by atoms with Gasteiger partial charge >= 0.3 is 0 Å². The summed E-state index contributed by atoms with van der Waals surface area (Å²) >= 11 is 0. The molecule has 182 valence electrons. The summed E-state index contributed by atoms with van der Waals surface area (Å²) in [5, 5.41) is 6.97. The molecule has 2 aliphatic heterocycles. The number of halogens is 1.